The third-order valence-electron chi connectivity index (χ3n) is 2.62. The number of aromatic nitrogens is 1. The third kappa shape index (κ3) is 2.03. The zero-order chi connectivity index (χ0) is 9.26. The van der Waals surface area contributed by atoms with Gasteiger partial charge in [-0.3, -0.25) is 0 Å². The van der Waals surface area contributed by atoms with E-state index in [0.29, 0.717) is 5.92 Å². The van der Waals surface area contributed by atoms with Crippen LogP contribution in [0.25, 0.3) is 0 Å². The zero-order valence-corrected chi connectivity index (χ0v) is 8.42. The van der Waals surface area contributed by atoms with Crippen LogP contribution < -0.4 is 0 Å². The maximum Gasteiger partial charge on any atom is 0.292 e. The van der Waals surface area contributed by atoms with Crippen molar-refractivity contribution in [2.75, 3.05) is 20.1 Å². The van der Waals surface area contributed by atoms with Crippen molar-refractivity contribution in [3.8, 4) is 0 Å². The van der Waals surface area contributed by atoms with E-state index >= 15 is 0 Å². The average molecular weight is 201 g/mol. The second-order valence-electron chi connectivity index (χ2n) is 3.59. The number of piperidine rings is 1. The first-order valence-corrected chi connectivity index (χ1v) is 4.93. The van der Waals surface area contributed by atoms with Crippen LogP contribution in [0.3, 0.4) is 0 Å². The second kappa shape index (κ2) is 3.68. The van der Waals surface area contributed by atoms with E-state index in [1.54, 1.807) is 6.20 Å². The maximum absolute atomic E-state index is 5.62. The fourth-order valence-corrected chi connectivity index (χ4v) is 1.88. The lowest BCUT2D eigenvalue weighted by Crippen LogP contribution is -2.29. The van der Waals surface area contributed by atoms with Gasteiger partial charge in [0, 0.05) is 5.92 Å². The summed E-state index contributed by atoms with van der Waals surface area (Å²) in [7, 11) is 2.14. The zero-order valence-electron chi connectivity index (χ0n) is 7.66. The standard InChI is InChI=1S/C9H13ClN2O/c1-12-4-2-7(3-5-12)8-6-11-9(10)13-8/h6-7H,2-5H2,1H3. The molecule has 0 unspecified atom stereocenters. The predicted molar refractivity (Wildman–Crippen MR) is 51.0 cm³/mol. The summed E-state index contributed by atoms with van der Waals surface area (Å²) in [6, 6.07) is 0. The largest absolute Gasteiger partial charge is 0.433 e. The van der Waals surface area contributed by atoms with Crippen molar-refractivity contribution >= 4 is 11.6 Å². The molecule has 0 aromatic carbocycles. The molecule has 2 rings (SSSR count). The predicted octanol–water partition coefficient (Wildman–Crippen LogP) is 2.14. The number of likely N-dealkylation sites (tertiary alicyclic amines) is 1. The monoisotopic (exact) mass is 200 g/mol. The Balaban J connectivity index is 2.02. The van der Waals surface area contributed by atoms with Crippen LogP contribution >= 0.6 is 11.6 Å². The van der Waals surface area contributed by atoms with Crippen LogP contribution in [0.4, 0.5) is 0 Å². The molecular weight excluding hydrogens is 188 g/mol. The molecule has 0 radical (unpaired) electrons. The van der Waals surface area contributed by atoms with Gasteiger partial charge in [0.2, 0.25) is 0 Å². The van der Waals surface area contributed by atoms with Gasteiger partial charge in [0.05, 0.1) is 6.20 Å². The molecule has 13 heavy (non-hydrogen) atoms. The van der Waals surface area contributed by atoms with Gasteiger partial charge in [0.15, 0.2) is 0 Å². The lowest BCUT2D eigenvalue weighted by atomic mass is 9.95. The van der Waals surface area contributed by atoms with Crippen molar-refractivity contribution in [1.82, 2.24) is 9.88 Å². The van der Waals surface area contributed by atoms with E-state index in [1.807, 2.05) is 0 Å². The molecule has 0 atom stereocenters. The highest BCUT2D eigenvalue weighted by Crippen LogP contribution is 2.28. The molecule has 0 saturated carbocycles. The molecule has 0 amide bonds. The van der Waals surface area contributed by atoms with Crippen molar-refractivity contribution in [2.24, 2.45) is 0 Å². The Hall–Kier alpha value is -0.540. The molecule has 1 aromatic heterocycles. The fourth-order valence-electron chi connectivity index (χ4n) is 1.75. The van der Waals surface area contributed by atoms with Crippen molar-refractivity contribution in [1.29, 1.82) is 0 Å². The summed E-state index contributed by atoms with van der Waals surface area (Å²) in [5.41, 5.74) is 0. The second-order valence-corrected chi connectivity index (χ2v) is 3.92. The fraction of sp³-hybridized carbons (Fsp3) is 0.667. The molecule has 0 spiro atoms. The van der Waals surface area contributed by atoms with E-state index in [0.717, 1.165) is 31.7 Å². The Morgan fingerprint density at radius 2 is 2.23 bits per heavy atom. The number of hydrogen-bond acceptors (Lipinski definition) is 3. The van der Waals surface area contributed by atoms with Gasteiger partial charge in [-0.25, -0.2) is 4.98 Å². The lowest BCUT2D eigenvalue weighted by molar-refractivity contribution is 0.240. The summed E-state index contributed by atoms with van der Waals surface area (Å²) in [6.07, 6.45) is 4.03. The van der Waals surface area contributed by atoms with Gasteiger partial charge in [-0.2, -0.15) is 0 Å². The van der Waals surface area contributed by atoms with Crippen LogP contribution in [0.5, 0.6) is 0 Å². The topological polar surface area (TPSA) is 29.3 Å². The summed E-state index contributed by atoms with van der Waals surface area (Å²) in [6.45, 7) is 2.26. The molecule has 3 nitrogen and oxygen atoms in total. The third-order valence-corrected chi connectivity index (χ3v) is 2.79. The number of halogens is 1. The highest BCUT2D eigenvalue weighted by molar-refractivity contribution is 6.27. The highest BCUT2D eigenvalue weighted by atomic mass is 35.5. The van der Waals surface area contributed by atoms with Crippen LogP contribution in [0, 0.1) is 0 Å². The Bertz CT molecular complexity index is 279. The molecule has 72 valence electrons. The summed E-state index contributed by atoms with van der Waals surface area (Å²) in [5.74, 6) is 1.45. The molecule has 1 aliphatic rings. The first-order valence-electron chi connectivity index (χ1n) is 4.55. The molecule has 0 aliphatic carbocycles. The van der Waals surface area contributed by atoms with Gasteiger partial charge >= 0.3 is 0 Å². The minimum absolute atomic E-state index is 0.258. The Morgan fingerprint density at radius 1 is 1.54 bits per heavy atom. The maximum atomic E-state index is 5.62. The molecule has 0 bridgehead atoms. The lowest BCUT2D eigenvalue weighted by Gasteiger charge is -2.27. The van der Waals surface area contributed by atoms with Crippen LogP contribution in [0.15, 0.2) is 10.6 Å². The molecule has 1 aromatic rings. The van der Waals surface area contributed by atoms with Gasteiger partial charge in [-0.05, 0) is 44.6 Å². The Labute approximate surface area is 82.7 Å². The minimum Gasteiger partial charge on any atom is -0.433 e. The van der Waals surface area contributed by atoms with Gasteiger partial charge in [0.25, 0.3) is 5.35 Å². The van der Waals surface area contributed by atoms with Crippen LogP contribution in [0.2, 0.25) is 5.35 Å². The van der Waals surface area contributed by atoms with Crippen molar-refractivity contribution in [2.45, 2.75) is 18.8 Å². The van der Waals surface area contributed by atoms with E-state index in [4.69, 9.17) is 16.0 Å². The van der Waals surface area contributed by atoms with Crippen molar-refractivity contribution in [3.05, 3.63) is 17.3 Å². The van der Waals surface area contributed by atoms with E-state index in [-0.39, 0.29) is 5.35 Å². The highest BCUT2D eigenvalue weighted by Gasteiger charge is 2.21. The Morgan fingerprint density at radius 3 is 2.77 bits per heavy atom. The van der Waals surface area contributed by atoms with E-state index in [2.05, 4.69) is 16.9 Å². The molecule has 2 heterocycles. The van der Waals surface area contributed by atoms with E-state index in [9.17, 15) is 0 Å². The molecule has 1 aliphatic heterocycles. The van der Waals surface area contributed by atoms with Crippen LogP contribution in [-0.2, 0) is 0 Å². The van der Waals surface area contributed by atoms with Gasteiger partial charge < -0.3 is 9.32 Å². The first-order chi connectivity index (χ1) is 6.25. The number of oxazole rings is 1. The minimum atomic E-state index is 0.258. The number of nitrogens with zero attached hydrogens (tertiary/aromatic N) is 2. The molecule has 1 saturated heterocycles. The summed E-state index contributed by atoms with van der Waals surface area (Å²) >= 11 is 5.62. The van der Waals surface area contributed by atoms with Crippen molar-refractivity contribution in [3.63, 3.8) is 0 Å². The van der Waals surface area contributed by atoms with E-state index in [1.165, 1.54) is 0 Å². The molecular formula is C9H13ClN2O. The SMILES string of the molecule is CN1CCC(c2cnc(Cl)o2)CC1. The van der Waals surface area contributed by atoms with Crippen LogP contribution in [0.1, 0.15) is 24.5 Å². The first kappa shape index (κ1) is 9.03. The quantitative estimate of drug-likeness (QED) is 0.696. The average Bonchev–Trinajstić information content (AvgIpc) is 2.53. The molecule has 1 fully saturated rings. The number of hydrogen-bond donors (Lipinski definition) is 0. The van der Waals surface area contributed by atoms with Crippen LogP contribution in [-0.4, -0.2) is 30.0 Å². The molecule has 4 heteroatoms. The van der Waals surface area contributed by atoms with E-state index < -0.39 is 0 Å². The number of rotatable bonds is 1. The van der Waals surface area contributed by atoms with Gasteiger partial charge in [-0.15, -0.1) is 0 Å². The molecule has 0 N–H and O–H groups in total. The van der Waals surface area contributed by atoms with Gasteiger partial charge in [0.1, 0.15) is 5.76 Å². The summed E-state index contributed by atoms with van der Waals surface area (Å²) in [5, 5.41) is 0.258. The smallest absolute Gasteiger partial charge is 0.292 e. The van der Waals surface area contributed by atoms with Gasteiger partial charge in [-0.1, -0.05) is 0 Å². The summed E-state index contributed by atoms with van der Waals surface area (Å²) < 4.78 is 5.29. The normalized spacial score (nSPS) is 20.8. The summed E-state index contributed by atoms with van der Waals surface area (Å²) in [4.78, 5) is 6.22. The van der Waals surface area contributed by atoms with Crippen molar-refractivity contribution < 1.29 is 4.42 Å². The Kier molecular flexibility index (Phi) is 2.56.